The van der Waals surface area contributed by atoms with E-state index in [2.05, 4.69) is 26.0 Å². The molecule has 0 aliphatic carbocycles. The Bertz CT molecular complexity index is 1480. The van der Waals surface area contributed by atoms with Crippen LogP contribution < -0.4 is 20.2 Å². The van der Waals surface area contributed by atoms with Crippen molar-refractivity contribution in [2.24, 2.45) is 5.10 Å². The summed E-state index contributed by atoms with van der Waals surface area (Å²) < 4.78 is 11.0. The van der Waals surface area contributed by atoms with Crippen molar-refractivity contribution in [1.29, 1.82) is 0 Å². The summed E-state index contributed by atoms with van der Waals surface area (Å²) in [5, 5.41) is 15.4. The standard InChI is InChI=1S/C26H20ClN5O5S/c1-2-36-21-14-16(8-13-20(21)37-25(35)18-9-11-19(27)12-10-18)15-28-30-23(34)22(33)29-26-32-31-24(38-26)17-6-4-3-5-7-17/h3-15H,2H2,1H3,(H,30,34)(H,29,32,33)/b28-15-. The number of amides is 2. The second-order valence-corrected chi connectivity index (χ2v) is 8.88. The van der Waals surface area contributed by atoms with Crippen molar-refractivity contribution >= 4 is 52.1 Å². The first kappa shape index (κ1) is 26.5. The van der Waals surface area contributed by atoms with Gasteiger partial charge in [0.1, 0.15) is 5.01 Å². The van der Waals surface area contributed by atoms with Crippen LogP contribution in [0.15, 0.2) is 77.9 Å². The minimum atomic E-state index is -0.990. The molecule has 0 fully saturated rings. The molecule has 1 aromatic heterocycles. The van der Waals surface area contributed by atoms with Crippen molar-refractivity contribution in [3.05, 3.63) is 88.9 Å². The van der Waals surface area contributed by atoms with Crippen LogP contribution in [0.5, 0.6) is 11.5 Å². The van der Waals surface area contributed by atoms with Gasteiger partial charge in [0, 0.05) is 10.6 Å². The number of nitrogens with zero attached hydrogens (tertiary/aromatic N) is 3. The molecule has 0 unspecified atom stereocenters. The first-order valence-electron chi connectivity index (χ1n) is 11.2. The molecule has 0 aliphatic heterocycles. The molecule has 0 spiro atoms. The third kappa shape index (κ3) is 6.99. The van der Waals surface area contributed by atoms with Crippen molar-refractivity contribution in [2.45, 2.75) is 6.92 Å². The quantitative estimate of drug-likeness (QED) is 0.108. The van der Waals surface area contributed by atoms with Crippen LogP contribution >= 0.6 is 22.9 Å². The van der Waals surface area contributed by atoms with E-state index in [-0.39, 0.29) is 10.9 Å². The van der Waals surface area contributed by atoms with Crippen LogP contribution in [-0.4, -0.2) is 40.8 Å². The van der Waals surface area contributed by atoms with E-state index in [0.29, 0.717) is 33.5 Å². The normalized spacial score (nSPS) is 10.7. The molecule has 0 saturated heterocycles. The van der Waals surface area contributed by atoms with E-state index >= 15 is 0 Å². The van der Waals surface area contributed by atoms with E-state index in [4.69, 9.17) is 21.1 Å². The maximum atomic E-state index is 12.4. The molecular weight excluding hydrogens is 530 g/mol. The highest BCUT2D eigenvalue weighted by Gasteiger charge is 2.17. The maximum Gasteiger partial charge on any atom is 0.343 e. The summed E-state index contributed by atoms with van der Waals surface area (Å²) in [6.07, 6.45) is 1.32. The van der Waals surface area contributed by atoms with E-state index in [1.807, 2.05) is 30.3 Å². The molecule has 0 radical (unpaired) electrons. The lowest BCUT2D eigenvalue weighted by Crippen LogP contribution is -2.32. The van der Waals surface area contributed by atoms with Crippen LogP contribution in [0.25, 0.3) is 10.6 Å². The molecule has 3 aromatic carbocycles. The smallest absolute Gasteiger partial charge is 0.343 e. The number of ether oxygens (including phenoxy) is 2. The van der Waals surface area contributed by atoms with Crippen LogP contribution in [0.1, 0.15) is 22.8 Å². The largest absolute Gasteiger partial charge is 0.490 e. The topological polar surface area (TPSA) is 132 Å². The van der Waals surface area contributed by atoms with Gasteiger partial charge < -0.3 is 9.47 Å². The van der Waals surface area contributed by atoms with Crippen LogP contribution in [0.2, 0.25) is 5.02 Å². The molecule has 4 aromatic rings. The molecule has 192 valence electrons. The Kier molecular flexibility index (Phi) is 8.75. The molecule has 2 amide bonds. The number of esters is 1. The molecule has 10 nitrogen and oxygen atoms in total. The maximum absolute atomic E-state index is 12.4. The van der Waals surface area contributed by atoms with Gasteiger partial charge in [0.2, 0.25) is 5.13 Å². The third-order valence-electron chi connectivity index (χ3n) is 4.80. The highest BCUT2D eigenvalue weighted by molar-refractivity contribution is 7.18. The molecule has 0 saturated carbocycles. The fourth-order valence-electron chi connectivity index (χ4n) is 3.04. The van der Waals surface area contributed by atoms with Crippen molar-refractivity contribution in [2.75, 3.05) is 11.9 Å². The lowest BCUT2D eigenvalue weighted by molar-refractivity contribution is -0.136. The van der Waals surface area contributed by atoms with Gasteiger partial charge in [-0.3, -0.25) is 14.9 Å². The predicted octanol–water partition coefficient (Wildman–Crippen LogP) is 4.57. The molecular formula is C26H20ClN5O5S. The number of aromatic nitrogens is 2. The predicted molar refractivity (Wildman–Crippen MR) is 144 cm³/mol. The van der Waals surface area contributed by atoms with E-state index in [9.17, 15) is 14.4 Å². The number of nitrogens with one attached hydrogen (secondary N) is 2. The fourth-order valence-corrected chi connectivity index (χ4v) is 3.91. The molecule has 4 rings (SSSR count). The van der Waals surface area contributed by atoms with Crippen LogP contribution in [0.4, 0.5) is 5.13 Å². The zero-order valence-electron chi connectivity index (χ0n) is 19.9. The summed E-state index contributed by atoms with van der Waals surface area (Å²) in [4.78, 5) is 36.8. The Morgan fingerprint density at radius 3 is 2.47 bits per heavy atom. The molecule has 1 heterocycles. The number of carbonyl (C=O) groups excluding carboxylic acids is 3. The van der Waals surface area contributed by atoms with Gasteiger partial charge in [0.05, 0.1) is 18.4 Å². The first-order chi connectivity index (χ1) is 18.4. The first-order valence-corrected chi connectivity index (χ1v) is 12.4. The average Bonchev–Trinajstić information content (AvgIpc) is 3.39. The highest BCUT2D eigenvalue weighted by atomic mass is 35.5. The number of carbonyl (C=O) groups is 3. The summed E-state index contributed by atoms with van der Waals surface area (Å²) in [5.74, 6) is -2.00. The molecule has 0 atom stereocenters. The van der Waals surface area contributed by atoms with Gasteiger partial charge in [-0.05, 0) is 55.0 Å². The Hall–Kier alpha value is -4.61. The Labute approximate surface area is 226 Å². The zero-order valence-corrected chi connectivity index (χ0v) is 21.5. The lowest BCUT2D eigenvalue weighted by atomic mass is 10.2. The van der Waals surface area contributed by atoms with Gasteiger partial charge in [-0.15, -0.1) is 10.2 Å². The van der Waals surface area contributed by atoms with Crippen LogP contribution in [-0.2, 0) is 9.59 Å². The molecule has 0 aliphatic rings. The van der Waals surface area contributed by atoms with E-state index in [1.54, 1.807) is 43.3 Å². The summed E-state index contributed by atoms with van der Waals surface area (Å²) in [7, 11) is 0. The summed E-state index contributed by atoms with van der Waals surface area (Å²) in [6, 6.07) is 20.3. The average molecular weight is 550 g/mol. The minimum Gasteiger partial charge on any atom is -0.490 e. The number of hydrazone groups is 1. The minimum absolute atomic E-state index is 0.179. The fraction of sp³-hybridized carbons (Fsp3) is 0.0769. The highest BCUT2D eigenvalue weighted by Crippen LogP contribution is 2.29. The number of benzene rings is 3. The number of anilines is 1. The number of hydrogen-bond acceptors (Lipinski definition) is 9. The monoisotopic (exact) mass is 549 g/mol. The summed E-state index contributed by atoms with van der Waals surface area (Å²) in [6.45, 7) is 2.10. The van der Waals surface area contributed by atoms with Gasteiger partial charge in [-0.2, -0.15) is 5.10 Å². The van der Waals surface area contributed by atoms with Crippen molar-refractivity contribution in [1.82, 2.24) is 15.6 Å². The van der Waals surface area contributed by atoms with E-state index in [1.165, 1.54) is 12.3 Å². The number of rotatable bonds is 8. The van der Waals surface area contributed by atoms with E-state index in [0.717, 1.165) is 16.9 Å². The molecule has 2 N–H and O–H groups in total. The van der Waals surface area contributed by atoms with Gasteiger partial charge >= 0.3 is 17.8 Å². The number of halogens is 1. The van der Waals surface area contributed by atoms with Crippen molar-refractivity contribution in [3.8, 4) is 22.1 Å². The lowest BCUT2D eigenvalue weighted by Gasteiger charge is -2.11. The molecule has 0 bridgehead atoms. The second-order valence-electron chi connectivity index (χ2n) is 7.47. The van der Waals surface area contributed by atoms with Crippen molar-refractivity contribution < 1.29 is 23.9 Å². The number of hydrogen-bond donors (Lipinski definition) is 2. The van der Waals surface area contributed by atoms with Crippen molar-refractivity contribution in [3.63, 3.8) is 0 Å². The molecule has 12 heteroatoms. The molecule has 38 heavy (non-hydrogen) atoms. The summed E-state index contributed by atoms with van der Waals surface area (Å²) >= 11 is 6.99. The Morgan fingerprint density at radius 1 is 0.974 bits per heavy atom. The van der Waals surface area contributed by atoms with Crippen LogP contribution in [0.3, 0.4) is 0 Å². The Balaban J connectivity index is 1.35. The SMILES string of the molecule is CCOc1cc(/C=N\NC(=O)C(=O)Nc2nnc(-c3ccccc3)s2)ccc1OC(=O)c1ccc(Cl)cc1. The van der Waals surface area contributed by atoms with Gasteiger partial charge in [-0.25, -0.2) is 10.2 Å². The van der Waals surface area contributed by atoms with E-state index < -0.39 is 17.8 Å². The summed E-state index contributed by atoms with van der Waals surface area (Å²) in [5.41, 5.74) is 3.85. The van der Waals surface area contributed by atoms with Gasteiger partial charge in [0.15, 0.2) is 11.5 Å². The van der Waals surface area contributed by atoms with Gasteiger partial charge in [0.25, 0.3) is 0 Å². The third-order valence-corrected chi connectivity index (χ3v) is 5.94. The van der Waals surface area contributed by atoms with Crippen LogP contribution in [0, 0.1) is 0 Å². The van der Waals surface area contributed by atoms with Gasteiger partial charge in [-0.1, -0.05) is 53.3 Å². The Morgan fingerprint density at radius 2 is 1.74 bits per heavy atom. The zero-order chi connectivity index (χ0) is 26.9. The second kappa shape index (κ2) is 12.6.